The van der Waals surface area contributed by atoms with Crippen LogP contribution in [0.4, 0.5) is 0 Å². The lowest BCUT2D eigenvalue weighted by Gasteiger charge is -2.20. The van der Waals surface area contributed by atoms with Crippen molar-refractivity contribution in [1.82, 2.24) is 0 Å². The summed E-state index contributed by atoms with van der Waals surface area (Å²) in [6.07, 6.45) is 8.77. The van der Waals surface area contributed by atoms with Crippen molar-refractivity contribution in [3.05, 3.63) is 70.8 Å². The first kappa shape index (κ1) is 31.5. The van der Waals surface area contributed by atoms with Gasteiger partial charge in [-0.1, -0.05) is 132 Å². The summed E-state index contributed by atoms with van der Waals surface area (Å²) in [6, 6.07) is 18.4. The molecule has 0 amide bonds. The summed E-state index contributed by atoms with van der Waals surface area (Å²) >= 11 is 0. The van der Waals surface area contributed by atoms with E-state index in [1.54, 1.807) is 0 Å². The normalized spacial score (nSPS) is 12.8. The topological polar surface area (TPSA) is 0 Å². The average Bonchev–Trinajstić information content (AvgIpc) is 2.66. The summed E-state index contributed by atoms with van der Waals surface area (Å²) in [6.45, 7) is 27.6. The molecule has 0 fully saturated rings. The molecule has 0 aromatic heterocycles. The molecule has 2 aromatic rings. The van der Waals surface area contributed by atoms with Crippen molar-refractivity contribution in [2.24, 2.45) is 16.2 Å². The SMILES string of the molecule is CC(C)(C)CCCc1ccc(C(C)(C)C)cc1.CC(C)(C)CCCc1ccc(CC(C)(C)C)cc1. The van der Waals surface area contributed by atoms with Crippen molar-refractivity contribution in [1.29, 1.82) is 0 Å². The smallest absolute Gasteiger partial charge is 0.0132 e. The fourth-order valence-electron chi connectivity index (χ4n) is 4.25. The quantitative estimate of drug-likeness (QED) is 0.371. The molecule has 0 unspecified atom stereocenters. The van der Waals surface area contributed by atoms with Gasteiger partial charge in [-0.15, -0.1) is 0 Å². The van der Waals surface area contributed by atoms with Crippen molar-refractivity contribution >= 4 is 0 Å². The number of benzene rings is 2. The summed E-state index contributed by atoms with van der Waals surface area (Å²) in [5.74, 6) is 0. The summed E-state index contributed by atoms with van der Waals surface area (Å²) in [5.41, 5.74) is 7.42. The minimum absolute atomic E-state index is 0.268. The van der Waals surface area contributed by atoms with Gasteiger partial charge in [0, 0.05) is 0 Å². The standard InChI is InChI=1S/C18H30.C17H28/c1-17(2,3)13-7-8-15-9-11-16(12-10-15)14-18(4,5)6;1-16(2,3)13-7-8-14-9-11-15(12-10-14)17(4,5)6/h9-12H,7-8,13-14H2,1-6H3;9-12H,7-8,13H2,1-6H3. The fourth-order valence-corrected chi connectivity index (χ4v) is 4.25. The van der Waals surface area contributed by atoms with E-state index in [0.29, 0.717) is 16.2 Å². The zero-order valence-electron chi connectivity index (χ0n) is 25.6. The Hall–Kier alpha value is -1.56. The molecule has 0 aliphatic heterocycles. The maximum atomic E-state index is 2.32. The molecule has 2 rings (SSSR count). The summed E-state index contributed by atoms with van der Waals surface area (Å²) in [4.78, 5) is 0. The number of hydrogen-bond donors (Lipinski definition) is 0. The van der Waals surface area contributed by atoms with Crippen molar-refractivity contribution in [2.75, 3.05) is 0 Å². The van der Waals surface area contributed by atoms with Gasteiger partial charge in [0.05, 0.1) is 0 Å². The summed E-state index contributed by atoms with van der Waals surface area (Å²) < 4.78 is 0. The number of hydrogen-bond acceptors (Lipinski definition) is 0. The maximum absolute atomic E-state index is 2.32. The Labute approximate surface area is 220 Å². The Morgan fingerprint density at radius 1 is 0.429 bits per heavy atom. The van der Waals surface area contributed by atoms with E-state index in [0.717, 1.165) is 6.42 Å². The van der Waals surface area contributed by atoms with Gasteiger partial charge < -0.3 is 0 Å². The average molecular weight is 479 g/mol. The van der Waals surface area contributed by atoms with Crippen LogP contribution in [-0.2, 0) is 24.7 Å². The Balaban J connectivity index is 0.000000351. The Morgan fingerprint density at radius 2 is 0.771 bits per heavy atom. The molecule has 0 spiro atoms. The van der Waals surface area contributed by atoms with Crippen LogP contribution in [0.15, 0.2) is 48.5 Å². The van der Waals surface area contributed by atoms with Crippen LogP contribution < -0.4 is 0 Å². The molecule has 0 saturated heterocycles. The predicted molar refractivity (Wildman–Crippen MR) is 160 cm³/mol. The lowest BCUT2D eigenvalue weighted by molar-refractivity contribution is 0.365. The highest BCUT2D eigenvalue weighted by Crippen LogP contribution is 2.25. The Bertz CT molecular complexity index is 822. The molecular weight excluding hydrogens is 420 g/mol. The van der Waals surface area contributed by atoms with E-state index in [1.165, 1.54) is 60.8 Å². The second-order valence-electron chi connectivity index (χ2n) is 15.3. The molecule has 198 valence electrons. The molecule has 0 heterocycles. The van der Waals surface area contributed by atoms with Crippen LogP contribution >= 0.6 is 0 Å². The van der Waals surface area contributed by atoms with Gasteiger partial charge in [0.1, 0.15) is 0 Å². The van der Waals surface area contributed by atoms with Gasteiger partial charge in [-0.3, -0.25) is 0 Å². The molecule has 0 saturated carbocycles. The Kier molecular flexibility index (Phi) is 11.8. The van der Waals surface area contributed by atoms with E-state index < -0.39 is 0 Å². The zero-order chi connectivity index (χ0) is 26.9. The van der Waals surface area contributed by atoms with Gasteiger partial charge in [-0.2, -0.15) is 0 Å². The lowest BCUT2D eigenvalue weighted by Crippen LogP contribution is -2.10. The molecular formula is C35H58. The highest BCUT2D eigenvalue weighted by molar-refractivity contribution is 5.27. The molecule has 0 bridgehead atoms. The zero-order valence-corrected chi connectivity index (χ0v) is 25.6. The molecule has 0 nitrogen and oxygen atoms in total. The highest BCUT2D eigenvalue weighted by Gasteiger charge is 2.14. The van der Waals surface area contributed by atoms with Crippen LogP contribution in [0.25, 0.3) is 0 Å². The number of rotatable bonds is 7. The third kappa shape index (κ3) is 15.9. The van der Waals surface area contributed by atoms with Crippen LogP contribution in [0.5, 0.6) is 0 Å². The van der Waals surface area contributed by atoms with Gasteiger partial charge in [-0.25, -0.2) is 0 Å². The first-order valence-corrected chi connectivity index (χ1v) is 14.0. The largest absolute Gasteiger partial charge is 0.0602 e. The predicted octanol–water partition coefficient (Wildman–Crippen LogP) is 11.0. The summed E-state index contributed by atoms with van der Waals surface area (Å²) in [7, 11) is 0. The third-order valence-corrected chi connectivity index (χ3v) is 6.36. The fraction of sp³-hybridized carbons (Fsp3) is 0.657. The number of aryl methyl sites for hydroxylation is 2. The van der Waals surface area contributed by atoms with Gasteiger partial charge in [0.2, 0.25) is 0 Å². The van der Waals surface area contributed by atoms with Crippen molar-refractivity contribution in [2.45, 2.75) is 133 Å². The van der Waals surface area contributed by atoms with Crippen LogP contribution in [0, 0.1) is 16.2 Å². The first-order valence-electron chi connectivity index (χ1n) is 14.0. The molecule has 0 N–H and O–H groups in total. The molecule has 35 heavy (non-hydrogen) atoms. The van der Waals surface area contributed by atoms with Crippen LogP contribution in [0.1, 0.15) is 131 Å². The van der Waals surface area contributed by atoms with E-state index in [1.807, 2.05) is 0 Å². The molecule has 0 heteroatoms. The van der Waals surface area contributed by atoms with Crippen LogP contribution in [0.3, 0.4) is 0 Å². The first-order chi connectivity index (χ1) is 15.8. The molecule has 0 atom stereocenters. The maximum Gasteiger partial charge on any atom is -0.0132 e. The van der Waals surface area contributed by atoms with E-state index >= 15 is 0 Å². The highest BCUT2D eigenvalue weighted by atomic mass is 14.2. The third-order valence-electron chi connectivity index (χ3n) is 6.36. The van der Waals surface area contributed by atoms with Crippen molar-refractivity contribution in [3.8, 4) is 0 Å². The second-order valence-corrected chi connectivity index (χ2v) is 15.3. The van der Waals surface area contributed by atoms with Crippen molar-refractivity contribution in [3.63, 3.8) is 0 Å². The molecule has 0 aliphatic carbocycles. The van der Waals surface area contributed by atoms with Crippen LogP contribution in [0.2, 0.25) is 0 Å². The molecule has 0 aliphatic rings. The lowest BCUT2D eigenvalue weighted by atomic mass is 9.86. The van der Waals surface area contributed by atoms with E-state index in [9.17, 15) is 0 Å². The van der Waals surface area contributed by atoms with Crippen molar-refractivity contribution < 1.29 is 0 Å². The van der Waals surface area contributed by atoms with E-state index in [4.69, 9.17) is 0 Å². The Morgan fingerprint density at radius 3 is 1.09 bits per heavy atom. The minimum Gasteiger partial charge on any atom is -0.0602 e. The monoisotopic (exact) mass is 478 g/mol. The molecule has 2 aromatic carbocycles. The van der Waals surface area contributed by atoms with Gasteiger partial charge in [-0.05, 0) is 88.9 Å². The van der Waals surface area contributed by atoms with Gasteiger partial charge in [0.15, 0.2) is 0 Å². The molecule has 0 radical (unpaired) electrons. The second kappa shape index (κ2) is 13.1. The summed E-state index contributed by atoms with van der Waals surface area (Å²) in [5, 5.41) is 0. The van der Waals surface area contributed by atoms with E-state index in [-0.39, 0.29) is 5.41 Å². The van der Waals surface area contributed by atoms with Crippen LogP contribution in [-0.4, -0.2) is 0 Å². The minimum atomic E-state index is 0.268. The van der Waals surface area contributed by atoms with Gasteiger partial charge in [0.25, 0.3) is 0 Å². The van der Waals surface area contributed by atoms with E-state index in [2.05, 4.69) is 132 Å². The van der Waals surface area contributed by atoms with Gasteiger partial charge >= 0.3 is 0 Å².